The van der Waals surface area contributed by atoms with Crippen LogP contribution in [0.4, 0.5) is 4.39 Å². The lowest BCUT2D eigenvalue weighted by Crippen LogP contribution is -1.98. The van der Waals surface area contributed by atoms with Crippen LogP contribution in [0.3, 0.4) is 0 Å². The first-order valence-electron chi connectivity index (χ1n) is 9.20. The fourth-order valence-electron chi connectivity index (χ4n) is 2.86. The second-order valence-electron chi connectivity index (χ2n) is 6.43. The van der Waals surface area contributed by atoms with E-state index in [9.17, 15) is 4.39 Å². The van der Waals surface area contributed by atoms with Gasteiger partial charge in [0.25, 0.3) is 5.89 Å². The number of ether oxygens (including phenoxy) is 3. The Morgan fingerprint density at radius 2 is 1.57 bits per heavy atom. The number of halogens is 1. The van der Waals surface area contributed by atoms with Gasteiger partial charge in [0, 0.05) is 11.1 Å². The molecule has 0 atom stereocenters. The van der Waals surface area contributed by atoms with Crippen LogP contribution in [-0.2, 0) is 6.61 Å². The predicted octanol–water partition coefficient (Wildman–Crippen LogP) is 5.14. The van der Waals surface area contributed by atoms with Crippen molar-refractivity contribution in [1.82, 2.24) is 10.1 Å². The highest BCUT2D eigenvalue weighted by Crippen LogP contribution is 2.33. The van der Waals surface area contributed by atoms with E-state index in [0.717, 1.165) is 22.4 Å². The molecule has 6 nitrogen and oxygen atoms in total. The quantitative estimate of drug-likeness (QED) is 0.423. The maximum atomic E-state index is 13.0. The Morgan fingerprint density at radius 3 is 2.27 bits per heavy atom. The normalized spacial score (nSPS) is 10.6. The van der Waals surface area contributed by atoms with Crippen molar-refractivity contribution in [3.8, 4) is 40.1 Å². The third kappa shape index (κ3) is 4.25. The standard InChI is InChI=1S/C23H19FN2O4/c1-27-19-10-5-16(6-11-19)23-25-22(26-30-23)17-7-12-20(21(13-17)28-2)29-14-15-3-8-18(24)9-4-15/h3-13H,14H2,1-2H3. The third-order valence-corrected chi connectivity index (χ3v) is 4.49. The molecule has 4 rings (SSSR count). The van der Waals surface area contributed by atoms with Gasteiger partial charge in [0.1, 0.15) is 18.2 Å². The van der Waals surface area contributed by atoms with Gasteiger partial charge in [-0.1, -0.05) is 17.3 Å². The van der Waals surface area contributed by atoms with Crippen molar-refractivity contribution >= 4 is 0 Å². The lowest BCUT2D eigenvalue weighted by atomic mass is 10.2. The molecule has 0 radical (unpaired) electrons. The van der Waals surface area contributed by atoms with Gasteiger partial charge in [-0.25, -0.2) is 4.39 Å². The monoisotopic (exact) mass is 406 g/mol. The van der Waals surface area contributed by atoms with E-state index in [0.29, 0.717) is 29.8 Å². The Labute approximate surface area is 172 Å². The van der Waals surface area contributed by atoms with Crippen molar-refractivity contribution in [2.45, 2.75) is 6.61 Å². The third-order valence-electron chi connectivity index (χ3n) is 4.49. The molecule has 0 aliphatic rings. The Morgan fingerprint density at radius 1 is 0.833 bits per heavy atom. The van der Waals surface area contributed by atoms with Crippen molar-refractivity contribution in [2.24, 2.45) is 0 Å². The number of nitrogens with zero attached hydrogens (tertiary/aromatic N) is 2. The molecule has 0 fully saturated rings. The molecule has 0 bridgehead atoms. The Hall–Kier alpha value is -3.87. The van der Waals surface area contributed by atoms with Gasteiger partial charge in [-0.2, -0.15) is 4.98 Å². The van der Waals surface area contributed by atoms with Crippen LogP contribution in [0.2, 0.25) is 0 Å². The molecule has 0 spiro atoms. The zero-order valence-electron chi connectivity index (χ0n) is 16.5. The van der Waals surface area contributed by atoms with Gasteiger partial charge in [0.15, 0.2) is 11.5 Å². The molecule has 3 aromatic carbocycles. The molecule has 4 aromatic rings. The number of aromatic nitrogens is 2. The topological polar surface area (TPSA) is 66.6 Å². The molecule has 1 aromatic heterocycles. The molecule has 0 amide bonds. The number of hydrogen-bond acceptors (Lipinski definition) is 6. The van der Waals surface area contributed by atoms with Gasteiger partial charge in [-0.3, -0.25) is 0 Å². The molecule has 0 aliphatic carbocycles. The highest BCUT2D eigenvalue weighted by molar-refractivity contribution is 5.63. The molecule has 0 aliphatic heterocycles. The molecular formula is C23H19FN2O4. The van der Waals surface area contributed by atoms with Crippen molar-refractivity contribution in [1.29, 1.82) is 0 Å². The zero-order chi connectivity index (χ0) is 20.9. The van der Waals surface area contributed by atoms with Gasteiger partial charge in [-0.05, 0) is 60.2 Å². The second kappa shape index (κ2) is 8.65. The van der Waals surface area contributed by atoms with E-state index in [1.54, 1.807) is 38.5 Å². The maximum Gasteiger partial charge on any atom is 0.258 e. The lowest BCUT2D eigenvalue weighted by Gasteiger charge is -2.11. The van der Waals surface area contributed by atoms with Crippen LogP contribution in [0.5, 0.6) is 17.2 Å². The molecule has 0 saturated carbocycles. The number of rotatable bonds is 7. The summed E-state index contributed by atoms with van der Waals surface area (Å²) in [4.78, 5) is 4.46. The molecule has 0 unspecified atom stereocenters. The smallest absolute Gasteiger partial charge is 0.258 e. The highest BCUT2D eigenvalue weighted by atomic mass is 19.1. The molecule has 7 heteroatoms. The van der Waals surface area contributed by atoms with Gasteiger partial charge in [0.05, 0.1) is 14.2 Å². The fourth-order valence-corrected chi connectivity index (χ4v) is 2.86. The van der Waals surface area contributed by atoms with Crippen LogP contribution in [0.1, 0.15) is 5.56 Å². The molecule has 0 N–H and O–H groups in total. The summed E-state index contributed by atoms with van der Waals surface area (Å²) in [6, 6.07) is 18.9. The molecule has 1 heterocycles. The van der Waals surface area contributed by atoms with Crippen LogP contribution in [0, 0.1) is 5.82 Å². The summed E-state index contributed by atoms with van der Waals surface area (Å²) in [6.07, 6.45) is 0. The average Bonchev–Trinajstić information content (AvgIpc) is 3.29. The van der Waals surface area contributed by atoms with Crippen molar-refractivity contribution < 1.29 is 23.1 Å². The van der Waals surface area contributed by atoms with Crippen molar-refractivity contribution in [2.75, 3.05) is 14.2 Å². The largest absolute Gasteiger partial charge is 0.497 e. The SMILES string of the molecule is COc1ccc(-c2nc(-c3ccc(OCc4ccc(F)cc4)c(OC)c3)no2)cc1. The Balaban J connectivity index is 1.52. The average molecular weight is 406 g/mol. The summed E-state index contributed by atoms with van der Waals surface area (Å²) in [6.45, 7) is 0.291. The Bertz CT molecular complexity index is 1120. The van der Waals surface area contributed by atoms with Crippen LogP contribution in [0.25, 0.3) is 22.8 Å². The highest BCUT2D eigenvalue weighted by Gasteiger charge is 2.14. The molecular weight excluding hydrogens is 387 g/mol. The minimum atomic E-state index is -0.283. The first kappa shape index (κ1) is 19.4. The molecule has 0 saturated heterocycles. The zero-order valence-corrected chi connectivity index (χ0v) is 16.5. The summed E-state index contributed by atoms with van der Waals surface area (Å²) < 4.78 is 34.9. The first-order valence-corrected chi connectivity index (χ1v) is 9.20. The second-order valence-corrected chi connectivity index (χ2v) is 6.43. The van der Waals surface area contributed by atoms with E-state index in [-0.39, 0.29) is 5.82 Å². The van der Waals surface area contributed by atoms with Crippen LogP contribution in [0.15, 0.2) is 71.3 Å². The van der Waals surface area contributed by atoms with Gasteiger partial charge < -0.3 is 18.7 Å². The maximum absolute atomic E-state index is 13.0. The number of benzene rings is 3. The summed E-state index contributed by atoms with van der Waals surface area (Å²) in [5.74, 6) is 2.40. The van der Waals surface area contributed by atoms with Crippen molar-refractivity contribution in [3.05, 3.63) is 78.1 Å². The minimum Gasteiger partial charge on any atom is -0.497 e. The van der Waals surface area contributed by atoms with Crippen molar-refractivity contribution in [3.63, 3.8) is 0 Å². The number of hydrogen-bond donors (Lipinski definition) is 0. The summed E-state index contributed by atoms with van der Waals surface area (Å²) in [7, 11) is 3.17. The summed E-state index contributed by atoms with van der Waals surface area (Å²) >= 11 is 0. The Kier molecular flexibility index (Phi) is 5.61. The lowest BCUT2D eigenvalue weighted by molar-refractivity contribution is 0.284. The van der Waals surface area contributed by atoms with E-state index in [1.165, 1.54) is 12.1 Å². The fraction of sp³-hybridized carbons (Fsp3) is 0.130. The van der Waals surface area contributed by atoms with E-state index >= 15 is 0 Å². The molecule has 152 valence electrons. The van der Waals surface area contributed by atoms with E-state index in [2.05, 4.69) is 10.1 Å². The summed E-state index contributed by atoms with van der Waals surface area (Å²) in [5.41, 5.74) is 2.37. The van der Waals surface area contributed by atoms with E-state index < -0.39 is 0 Å². The predicted molar refractivity (Wildman–Crippen MR) is 109 cm³/mol. The first-order chi connectivity index (χ1) is 14.7. The number of methoxy groups -OCH3 is 2. The summed E-state index contributed by atoms with van der Waals surface area (Å²) in [5, 5.41) is 4.06. The van der Waals surface area contributed by atoms with Gasteiger partial charge >= 0.3 is 0 Å². The molecule has 30 heavy (non-hydrogen) atoms. The van der Waals surface area contributed by atoms with Crippen LogP contribution >= 0.6 is 0 Å². The van der Waals surface area contributed by atoms with Crippen LogP contribution in [-0.4, -0.2) is 24.4 Å². The minimum absolute atomic E-state index is 0.283. The van der Waals surface area contributed by atoms with Gasteiger partial charge in [0.2, 0.25) is 5.82 Å². The van der Waals surface area contributed by atoms with Crippen LogP contribution < -0.4 is 14.2 Å². The van der Waals surface area contributed by atoms with Gasteiger partial charge in [-0.15, -0.1) is 0 Å². The van der Waals surface area contributed by atoms with E-state index in [4.69, 9.17) is 18.7 Å². The van der Waals surface area contributed by atoms with E-state index in [1.807, 2.05) is 30.3 Å².